The molecule has 0 aromatic heterocycles. The fraction of sp³-hybridized carbons (Fsp3) is 0.105. The largest absolute Gasteiger partial charge is 0.503 e. The van der Waals surface area contributed by atoms with Gasteiger partial charge in [-0.1, -0.05) is 12.1 Å². The number of hydrogen-bond acceptors (Lipinski definition) is 6. The minimum atomic E-state index is -0.556. The summed E-state index contributed by atoms with van der Waals surface area (Å²) in [6, 6.07) is 12.1. The van der Waals surface area contributed by atoms with Gasteiger partial charge >= 0.3 is 0 Å². The molecule has 0 aliphatic rings. The number of nitrogens with one attached hydrogen (secondary N) is 1. The monoisotopic (exact) mass is 365 g/mol. The Bertz CT molecular complexity index is 955. The molecule has 0 aliphatic carbocycles. The van der Waals surface area contributed by atoms with Crippen LogP contribution in [0.2, 0.25) is 0 Å². The first kappa shape index (κ1) is 18.9. The van der Waals surface area contributed by atoms with Gasteiger partial charge in [0.05, 0.1) is 12.0 Å². The van der Waals surface area contributed by atoms with Crippen LogP contribution < -0.4 is 10.1 Å². The van der Waals surface area contributed by atoms with E-state index >= 15 is 0 Å². The van der Waals surface area contributed by atoms with Gasteiger partial charge in [-0.25, -0.2) is 0 Å². The van der Waals surface area contributed by atoms with Gasteiger partial charge in [0.2, 0.25) is 0 Å². The molecule has 0 atom stereocenters. The van der Waals surface area contributed by atoms with E-state index in [1.165, 1.54) is 25.3 Å². The molecule has 2 rings (SSSR count). The second kappa shape index (κ2) is 8.61. The summed E-state index contributed by atoms with van der Waals surface area (Å²) >= 11 is 0.756. The van der Waals surface area contributed by atoms with Gasteiger partial charge in [-0.05, 0) is 60.2 Å². The molecule has 0 aliphatic heterocycles. The Balaban J connectivity index is 2.36. The number of phenolic OH excluding ortho intramolecular Hbond substituents is 1. The van der Waals surface area contributed by atoms with Crippen molar-refractivity contribution in [1.82, 2.24) is 0 Å². The number of ether oxygens (including phenoxy) is 1. The highest BCUT2D eigenvalue weighted by molar-refractivity contribution is 8.03. The molecular weight excluding hydrogens is 350 g/mol. The first-order valence-electron chi connectivity index (χ1n) is 7.45. The van der Waals surface area contributed by atoms with Gasteiger partial charge < -0.3 is 15.2 Å². The molecule has 26 heavy (non-hydrogen) atoms. The fourth-order valence-electron chi connectivity index (χ4n) is 2.20. The zero-order chi connectivity index (χ0) is 19.1. The van der Waals surface area contributed by atoms with Gasteiger partial charge in [0.15, 0.2) is 11.5 Å². The summed E-state index contributed by atoms with van der Waals surface area (Å²) in [5, 5.41) is 32.7. The van der Waals surface area contributed by atoms with E-state index < -0.39 is 5.91 Å². The minimum absolute atomic E-state index is 0.118. The molecule has 7 heteroatoms. The summed E-state index contributed by atoms with van der Waals surface area (Å²) < 4.78 is 5.07. The Morgan fingerprint density at radius 2 is 2.08 bits per heavy atom. The van der Waals surface area contributed by atoms with Gasteiger partial charge in [-0.2, -0.15) is 10.5 Å². The fourth-order valence-corrected chi connectivity index (χ4v) is 2.70. The minimum Gasteiger partial charge on any atom is -0.503 e. The molecule has 6 nitrogen and oxygen atoms in total. The Kier molecular flexibility index (Phi) is 6.26. The number of rotatable bonds is 5. The molecule has 1 amide bonds. The van der Waals surface area contributed by atoms with Crippen molar-refractivity contribution in [2.24, 2.45) is 0 Å². The normalized spacial score (nSPS) is 10.5. The molecule has 0 bridgehead atoms. The summed E-state index contributed by atoms with van der Waals surface area (Å²) in [5.74, 6) is -0.577. The number of nitrogens with zero attached hydrogens (tertiary/aromatic N) is 2. The number of hydrogen-bond donors (Lipinski definition) is 2. The number of nitriles is 2. The van der Waals surface area contributed by atoms with Gasteiger partial charge in [-0.3, -0.25) is 4.79 Å². The number of aryl methyl sites for hydroxylation is 1. The van der Waals surface area contributed by atoms with Crippen LogP contribution in [-0.4, -0.2) is 18.1 Å². The SMILES string of the molecule is COc1cc(/C=C(/C#N)C(=O)Nc2cccc(C)c2)cc(SC#N)c1O. The van der Waals surface area contributed by atoms with Crippen molar-refractivity contribution in [3.05, 3.63) is 53.1 Å². The predicted octanol–water partition coefficient (Wildman–Crippen LogP) is 3.83. The Morgan fingerprint density at radius 3 is 2.69 bits per heavy atom. The number of phenols is 1. The second-order valence-electron chi connectivity index (χ2n) is 5.26. The lowest BCUT2D eigenvalue weighted by Gasteiger charge is -2.09. The summed E-state index contributed by atoms with van der Waals surface area (Å²) in [7, 11) is 1.37. The maximum Gasteiger partial charge on any atom is 0.266 e. The van der Waals surface area contributed by atoms with Crippen molar-refractivity contribution in [3.63, 3.8) is 0 Å². The third kappa shape index (κ3) is 4.56. The summed E-state index contributed by atoms with van der Waals surface area (Å²) in [6.07, 6.45) is 1.37. The highest BCUT2D eigenvalue weighted by atomic mass is 32.2. The lowest BCUT2D eigenvalue weighted by molar-refractivity contribution is -0.112. The average Bonchev–Trinajstić information content (AvgIpc) is 2.62. The van der Waals surface area contributed by atoms with E-state index in [1.54, 1.807) is 18.2 Å². The smallest absolute Gasteiger partial charge is 0.266 e. The van der Waals surface area contributed by atoms with Crippen molar-refractivity contribution < 1.29 is 14.6 Å². The van der Waals surface area contributed by atoms with Gasteiger partial charge in [-0.15, -0.1) is 0 Å². The molecule has 0 unspecified atom stereocenters. The first-order chi connectivity index (χ1) is 12.5. The molecule has 0 heterocycles. The van der Waals surface area contributed by atoms with Crippen LogP contribution in [0.3, 0.4) is 0 Å². The van der Waals surface area contributed by atoms with Crippen LogP contribution in [0.15, 0.2) is 46.9 Å². The highest BCUT2D eigenvalue weighted by Crippen LogP contribution is 2.38. The van der Waals surface area contributed by atoms with E-state index in [1.807, 2.05) is 24.5 Å². The standard InChI is InChI=1S/C19H15N3O3S/c1-12-4-3-5-15(6-12)22-19(24)14(10-20)7-13-8-16(25-2)18(23)17(9-13)26-11-21/h3-9,23H,1-2H3,(H,22,24)/b14-7-. The van der Waals surface area contributed by atoms with Crippen LogP contribution in [-0.2, 0) is 4.79 Å². The number of aromatic hydroxyl groups is 1. The van der Waals surface area contributed by atoms with E-state index in [0.717, 1.165) is 17.3 Å². The highest BCUT2D eigenvalue weighted by Gasteiger charge is 2.14. The van der Waals surface area contributed by atoms with Crippen LogP contribution in [0.5, 0.6) is 11.5 Å². The Morgan fingerprint density at radius 1 is 1.31 bits per heavy atom. The van der Waals surface area contributed by atoms with Crippen molar-refractivity contribution in [2.75, 3.05) is 12.4 Å². The molecule has 0 fully saturated rings. The van der Waals surface area contributed by atoms with Crippen molar-refractivity contribution >= 4 is 29.4 Å². The number of methoxy groups -OCH3 is 1. The molecule has 0 spiro atoms. The lowest BCUT2D eigenvalue weighted by atomic mass is 10.1. The maximum absolute atomic E-state index is 12.4. The van der Waals surface area contributed by atoms with Crippen molar-refractivity contribution in [3.8, 4) is 23.0 Å². The Hall–Kier alpha value is -3.42. The summed E-state index contributed by atoms with van der Waals surface area (Å²) in [4.78, 5) is 12.6. The van der Waals surface area contributed by atoms with E-state index in [0.29, 0.717) is 11.3 Å². The molecule has 0 radical (unpaired) electrons. The predicted molar refractivity (Wildman–Crippen MR) is 99.5 cm³/mol. The van der Waals surface area contributed by atoms with Crippen LogP contribution >= 0.6 is 11.8 Å². The quantitative estimate of drug-likeness (QED) is 0.361. The number of thioether (sulfide) groups is 1. The van der Waals surface area contributed by atoms with Gasteiger partial charge in [0, 0.05) is 5.69 Å². The van der Waals surface area contributed by atoms with Crippen LogP contribution in [0.25, 0.3) is 6.08 Å². The molecule has 0 saturated heterocycles. The maximum atomic E-state index is 12.4. The van der Waals surface area contributed by atoms with Crippen molar-refractivity contribution in [1.29, 1.82) is 10.5 Å². The second-order valence-corrected chi connectivity index (χ2v) is 6.08. The molecule has 130 valence electrons. The molecule has 2 N–H and O–H groups in total. The summed E-state index contributed by atoms with van der Waals surface area (Å²) in [5.41, 5.74) is 1.90. The third-order valence-electron chi connectivity index (χ3n) is 3.39. The summed E-state index contributed by atoms with van der Waals surface area (Å²) in [6.45, 7) is 1.90. The van der Waals surface area contributed by atoms with Gasteiger partial charge in [0.1, 0.15) is 17.0 Å². The molecular formula is C19H15N3O3S. The van der Waals surface area contributed by atoms with E-state index in [2.05, 4.69) is 5.32 Å². The number of amides is 1. The number of benzene rings is 2. The average molecular weight is 365 g/mol. The number of carbonyl (C=O) groups is 1. The van der Waals surface area contributed by atoms with Gasteiger partial charge in [0.25, 0.3) is 5.91 Å². The number of carbonyl (C=O) groups excluding carboxylic acids is 1. The van der Waals surface area contributed by atoms with Crippen molar-refractivity contribution in [2.45, 2.75) is 11.8 Å². The van der Waals surface area contributed by atoms with Crippen LogP contribution in [0.1, 0.15) is 11.1 Å². The zero-order valence-electron chi connectivity index (χ0n) is 14.1. The number of anilines is 1. The molecule has 2 aromatic carbocycles. The van der Waals surface area contributed by atoms with E-state index in [4.69, 9.17) is 10.00 Å². The van der Waals surface area contributed by atoms with Crippen LogP contribution in [0.4, 0.5) is 5.69 Å². The zero-order valence-corrected chi connectivity index (χ0v) is 14.9. The third-order valence-corrected chi connectivity index (χ3v) is 4.01. The number of thiocyanates is 1. The Labute approximate surface area is 155 Å². The lowest BCUT2D eigenvalue weighted by Crippen LogP contribution is -2.13. The molecule has 2 aromatic rings. The topological polar surface area (TPSA) is 106 Å². The molecule has 0 saturated carbocycles. The van der Waals surface area contributed by atoms with E-state index in [9.17, 15) is 15.2 Å². The van der Waals surface area contributed by atoms with E-state index in [-0.39, 0.29) is 22.0 Å². The van der Waals surface area contributed by atoms with Crippen LogP contribution in [0, 0.1) is 28.9 Å². The first-order valence-corrected chi connectivity index (χ1v) is 8.27.